The molecule has 1 N–H and O–H groups in total. The first-order chi connectivity index (χ1) is 13.8. The predicted molar refractivity (Wildman–Crippen MR) is 103 cm³/mol. The van der Waals surface area contributed by atoms with Crippen LogP contribution in [0, 0.1) is 0 Å². The van der Waals surface area contributed by atoms with Gasteiger partial charge in [-0.05, 0) is 24.3 Å². The number of anilines is 1. The zero-order valence-electron chi connectivity index (χ0n) is 15.3. The van der Waals surface area contributed by atoms with Crippen molar-refractivity contribution in [3.63, 3.8) is 0 Å². The van der Waals surface area contributed by atoms with Crippen LogP contribution in [-0.2, 0) is 11.3 Å². The number of rotatable bonds is 4. The van der Waals surface area contributed by atoms with E-state index in [1.807, 2.05) is 35.3 Å². The fourth-order valence-electron chi connectivity index (χ4n) is 3.85. The molecular formula is C20H20N6O2. The minimum atomic E-state index is 0.478. The van der Waals surface area contributed by atoms with E-state index in [9.17, 15) is 0 Å². The molecule has 0 bridgehead atoms. The van der Waals surface area contributed by atoms with E-state index in [0.29, 0.717) is 24.6 Å². The van der Waals surface area contributed by atoms with Gasteiger partial charge in [-0.1, -0.05) is 0 Å². The lowest BCUT2D eigenvalue weighted by atomic mass is 10.1. The summed E-state index contributed by atoms with van der Waals surface area (Å²) in [5.41, 5.74) is 4.02. The molecule has 8 nitrogen and oxygen atoms in total. The molecule has 0 saturated carbocycles. The summed E-state index contributed by atoms with van der Waals surface area (Å²) in [5.74, 6) is 1.43. The zero-order valence-corrected chi connectivity index (χ0v) is 15.3. The first-order valence-corrected chi connectivity index (χ1v) is 9.55. The second kappa shape index (κ2) is 6.29. The van der Waals surface area contributed by atoms with Gasteiger partial charge in [0.2, 0.25) is 5.88 Å². The van der Waals surface area contributed by atoms with Crippen LogP contribution in [0.2, 0.25) is 0 Å². The normalized spacial score (nSPS) is 18.6. The molecule has 0 aliphatic carbocycles. The van der Waals surface area contributed by atoms with E-state index in [0.717, 1.165) is 54.6 Å². The van der Waals surface area contributed by atoms with Crippen LogP contribution in [0.15, 0.2) is 42.9 Å². The maximum atomic E-state index is 5.72. The van der Waals surface area contributed by atoms with E-state index in [4.69, 9.17) is 14.6 Å². The molecule has 0 unspecified atom stereocenters. The molecule has 3 aromatic heterocycles. The molecule has 0 atom stereocenters. The van der Waals surface area contributed by atoms with Gasteiger partial charge >= 0.3 is 0 Å². The Bertz CT molecular complexity index is 1010. The second-order valence-corrected chi connectivity index (χ2v) is 7.47. The van der Waals surface area contributed by atoms with E-state index in [1.54, 1.807) is 6.20 Å². The van der Waals surface area contributed by atoms with E-state index in [1.165, 1.54) is 0 Å². The maximum absolute atomic E-state index is 5.72. The quantitative estimate of drug-likeness (QED) is 0.737. The van der Waals surface area contributed by atoms with Crippen LogP contribution in [0.3, 0.4) is 0 Å². The topological polar surface area (TPSA) is 77.3 Å². The van der Waals surface area contributed by atoms with Gasteiger partial charge in [0, 0.05) is 37.1 Å². The number of nitrogens with one attached hydrogen (secondary N) is 1. The summed E-state index contributed by atoms with van der Waals surface area (Å²) in [6.07, 6.45) is 5.64. The Morgan fingerprint density at radius 3 is 2.79 bits per heavy atom. The third-order valence-corrected chi connectivity index (χ3v) is 5.50. The van der Waals surface area contributed by atoms with Crippen molar-refractivity contribution in [2.75, 3.05) is 31.2 Å². The summed E-state index contributed by atoms with van der Waals surface area (Å²) in [7, 11) is 0. The van der Waals surface area contributed by atoms with Crippen molar-refractivity contribution in [3.8, 4) is 23.0 Å². The van der Waals surface area contributed by atoms with Crippen molar-refractivity contribution in [1.29, 1.82) is 0 Å². The lowest BCUT2D eigenvalue weighted by Gasteiger charge is -2.44. The van der Waals surface area contributed by atoms with Crippen molar-refractivity contribution in [1.82, 2.24) is 25.1 Å². The van der Waals surface area contributed by atoms with Crippen molar-refractivity contribution >= 4 is 5.69 Å². The summed E-state index contributed by atoms with van der Waals surface area (Å²) < 4.78 is 12.7. The third kappa shape index (κ3) is 2.64. The van der Waals surface area contributed by atoms with Crippen LogP contribution in [0.4, 0.5) is 5.69 Å². The van der Waals surface area contributed by atoms with E-state index in [-0.39, 0.29) is 0 Å². The monoisotopic (exact) mass is 376 g/mol. The van der Waals surface area contributed by atoms with Crippen molar-refractivity contribution in [3.05, 3.63) is 48.4 Å². The van der Waals surface area contributed by atoms with Gasteiger partial charge in [-0.25, -0.2) is 14.6 Å². The summed E-state index contributed by atoms with van der Waals surface area (Å²) in [6, 6.07) is 9.08. The van der Waals surface area contributed by atoms with Crippen LogP contribution in [-0.4, -0.2) is 58.1 Å². The Morgan fingerprint density at radius 1 is 1.07 bits per heavy atom. The molecule has 6 rings (SSSR count). The first-order valence-electron chi connectivity index (χ1n) is 9.55. The fraction of sp³-hybridized carbons (Fsp3) is 0.350. The molecular weight excluding hydrogens is 356 g/mol. The zero-order chi connectivity index (χ0) is 18.5. The van der Waals surface area contributed by atoms with Gasteiger partial charge in [-0.3, -0.25) is 0 Å². The average Bonchev–Trinajstić information content (AvgIpc) is 3.11. The molecule has 6 heterocycles. The van der Waals surface area contributed by atoms with Crippen LogP contribution >= 0.6 is 0 Å². The molecule has 0 radical (unpaired) electrons. The predicted octanol–water partition coefficient (Wildman–Crippen LogP) is 1.40. The highest BCUT2D eigenvalue weighted by Gasteiger charge is 2.31. The number of ether oxygens (including phenoxy) is 2. The summed E-state index contributed by atoms with van der Waals surface area (Å²) >= 11 is 0. The number of hydrogen-bond donors (Lipinski definition) is 1. The van der Waals surface area contributed by atoms with E-state index in [2.05, 4.69) is 26.3 Å². The number of aromatic nitrogens is 4. The summed E-state index contributed by atoms with van der Waals surface area (Å²) in [5, 5.41) is 8.34. The van der Waals surface area contributed by atoms with Crippen LogP contribution < -0.4 is 15.0 Å². The van der Waals surface area contributed by atoms with Crippen molar-refractivity contribution in [2.24, 2.45) is 0 Å². The molecule has 3 aliphatic heterocycles. The molecule has 0 spiro atoms. The highest BCUT2D eigenvalue weighted by Crippen LogP contribution is 2.34. The number of fused-ring (bicyclic) bond motifs is 3. The van der Waals surface area contributed by atoms with Gasteiger partial charge in [0.05, 0.1) is 36.7 Å². The Kier molecular flexibility index (Phi) is 3.60. The molecule has 0 amide bonds. The van der Waals surface area contributed by atoms with Gasteiger partial charge in [0.25, 0.3) is 0 Å². The number of hydrogen-bond acceptors (Lipinski definition) is 7. The highest BCUT2D eigenvalue weighted by molar-refractivity contribution is 5.69. The minimum absolute atomic E-state index is 0.478. The Morgan fingerprint density at radius 2 is 2.00 bits per heavy atom. The van der Waals surface area contributed by atoms with Crippen LogP contribution in [0.25, 0.3) is 17.1 Å². The Labute approximate surface area is 162 Å². The molecule has 3 aromatic rings. The fourth-order valence-corrected chi connectivity index (χ4v) is 3.85. The number of nitrogens with zero attached hydrogens (tertiary/aromatic N) is 5. The molecule has 2 fully saturated rings. The molecule has 28 heavy (non-hydrogen) atoms. The maximum Gasteiger partial charge on any atom is 0.223 e. The Balaban J connectivity index is 1.18. The minimum Gasteiger partial charge on any atom is -0.472 e. The largest absolute Gasteiger partial charge is 0.472 e. The molecule has 2 saturated heterocycles. The van der Waals surface area contributed by atoms with Crippen molar-refractivity contribution < 1.29 is 9.47 Å². The lowest BCUT2D eigenvalue weighted by molar-refractivity contribution is -0.0114. The van der Waals surface area contributed by atoms with E-state index >= 15 is 0 Å². The van der Waals surface area contributed by atoms with Crippen LogP contribution in [0.1, 0.15) is 5.56 Å². The van der Waals surface area contributed by atoms with Gasteiger partial charge in [0.1, 0.15) is 12.3 Å². The molecule has 8 heteroatoms. The van der Waals surface area contributed by atoms with Crippen molar-refractivity contribution in [2.45, 2.75) is 18.7 Å². The summed E-state index contributed by atoms with van der Waals surface area (Å²) in [4.78, 5) is 11.2. The first kappa shape index (κ1) is 16.0. The smallest absolute Gasteiger partial charge is 0.223 e. The standard InChI is InChI=1S/C20H20N6O2/c1-2-17-19-13(10-28-20(17)21-5-1)7-26(24-19)18-4-3-16(6-22-18)25-8-14(9-25)23-15-11-27-12-15/h1-7,14-15,23H,8-12H2. The Hall–Kier alpha value is -2.97. The third-order valence-electron chi connectivity index (χ3n) is 5.50. The summed E-state index contributed by atoms with van der Waals surface area (Å²) in [6.45, 7) is 4.17. The molecule has 3 aliphatic rings. The molecule has 142 valence electrons. The lowest BCUT2D eigenvalue weighted by Crippen LogP contribution is -2.63. The number of pyridine rings is 2. The van der Waals surface area contributed by atoms with E-state index < -0.39 is 0 Å². The van der Waals surface area contributed by atoms with Gasteiger partial charge in [-0.15, -0.1) is 0 Å². The highest BCUT2D eigenvalue weighted by atomic mass is 16.5. The SMILES string of the molecule is c1cnc2c(c1)-c1nn(-c3ccc(N4CC(NC5COC5)C4)cn3)cc1CO2. The van der Waals surface area contributed by atoms with Gasteiger partial charge in [-0.2, -0.15) is 5.10 Å². The average molecular weight is 376 g/mol. The molecule has 0 aromatic carbocycles. The van der Waals surface area contributed by atoms with Gasteiger partial charge in [0.15, 0.2) is 5.82 Å². The van der Waals surface area contributed by atoms with Gasteiger partial charge < -0.3 is 19.7 Å². The van der Waals surface area contributed by atoms with Crippen LogP contribution in [0.5, 0.6) is 5.88 Å². The second-order valence-electron chi connectivity index (χ2n) is 7.47.